The average Bonchev–Trinajstić information content (AvgIpc) is 2.80. The van der Waals surface area contributed by atoms with Gasteiger partial charge < -0.3 is 15.4 Å². The van der Waals surface area contributed by atoms with E-state index in [1.165, 1.54) is 0 Å². The predicted molar refractivity (Wildman–Crippen MR) is 132 cm³/mol. The van der Waals surface area contributed by atoms with E-state index >= 15 is 0 Å². The second-order valence-corrected chi connectivity index (χ2v) is 8.12. The van der Waals surface area contributed by atoms with Gasteiger partial charge in [0, 0.05) is 43.3 Å². The van der Waals surface area contributed by atoms with Gasteiger partial charge in [-0.2, -0.15) is 5.26 Å². The first-order valence-corrected chi connectivity index (χ1v) is 11.5. The minimum absolute atomic E-state index is 0.540. The fourth-order valence-electron chi connectivity index (χ4n) is 3.71. The molecule has 0 radical (unpaired) electrons. The molecule has 3 aromatic rings. The number of benzene rings is 1. The Labute approximate surface area is 196 Å². The molecule has 2 aromatic heterocycles. The molecule has 1 aromatic carbocycles. The minimum Gasteiger partial charge on any atom is -0.456 e. The molecule has 0 aliphatic heterocycles. The molecule has 0 saturated heterocycles. The lowest BCUT2D eigenvalue weighted by molar-refractivity contribution is 0.482. The van der Waals surface area contributed by atoms with Gasteiger partial charge in [0.25, 0.3) is 0 Å². The van der Waals surface area contributed by atoms with Gasteiger partial charge in [-0.05, 0) is 62.9 Å². The Morgan fingerprint density at radius 2 is 1.73 bits per heavy atom. The molecule has 0 unspecified atom stereocenters. The predicted octanol–water partition coefficient (Wildman–Crippen LogP) is 4.95. The molecule has 0 spiro atoms. The summed E-state index contributed by atoms with van der Waals surface area (Å²) in [7, 11) is 0. The SMILES string of the molecule is CCCN(CCC)c1cc(Oc2cc(C#N)c(C)cc2-c2ncc(CCN)cn2)cc(C)n1. The Morgan fingerprint density at radius 3 is 2.33 bits per heavy atom. The fourth-order valence-corrected chi connectivity index (χ4v) is 3.71. The van der Waals surface area contributed by atoms with Crippen molar-refractivity contribution >= 4 is 5.82 Å². The van der Waals surface area contributed by atoms with Crippen LogP contribution in [-0.4, -0.2) is 34.6 Å². The van der Waals surface area contributed by atoms with Gasteiger partial charge in [-0.25, -0.2) is 15.0 Å². The highest BCUT2D eigenvalue weighted by atomic mass is 16.5. The maximum atomic E-state index is 9.58. The maximum absolute atomic E-state index is 9.58. The van der Waals surface area contributed by atoms with Crippen LogP contribution in [0.1, 0.15) is 49.1 Å². The van der Waals surface area contributed by atoms with Gasteiger partial charge in [0.05, 0.1) is 17.2 Å². The molecule has 172 valence electrons. The molecule has 2 N–H and O–H groups in total. The van der Waals surface area contributed by atoms with E-state index in [0.717, 1.165) is 60.6 Å². The second-order valence-electron chi connectivity index (χ2n) is 8.12. The number of nitrogens with two attached hydrogens (primary N) is 1. The number of rotatable bonds is 10. The van der Waals surface area contributed by atoms with Gasteiger partial charge >= 0.3 is 0 Å². The zero-order valence-corrected chi connectivity index (χ0v) is 19.9. The van der Waals surface area contributed by atoms with Crippen molar-refractivity contribution in [1.29, 1.82) is 5.26 Å². The van der Waals surface area contributed by atoms with E-state index in [1.54, 1.807) is 18.5 Å². The van der Waals surface area contributed by atoms with E-state index < -0.39 is 0 Å². The summed E-state index contributed by atoms with van der Waals surface area (Å²) in [6.45, 7) is 10.6. The van der Waals surface area contributed by atoms with Gasteiger partial charge in [0.2, 0.25) is 0 Å². The number of nitriles is 1. The summed E-state index contributed by atoms with van der Waals surface area (Å²) in [5, 5.41) is 9.58. The maximum Gasteiger partial charge on any atom is 0.162 e. The third-order valence-electron chi connectivity index (χ3n) is 5.28. The topological polar surface area (TPSA) is 101 Å². The van der Waals surface area contributed by atoms with Crippen molar-refractivity contribution in [3.05, 3.63) is 59.0 Å². The van der Waals surface area contributed by atoms with E-state index in [0.29, 0.717) is 29.4 Å². The second kappa shape index (κ2) is 11.4. The average molecular weight is 445 g/mol. The van der Waals surface area contributed by atoms with Gasteiger partial charge in [0.1, 0.15) is 17.3 Å². The smallest absolute Gasteiger partial charge is 0.162 e. The largest absolute Gasteiger partial charge is 0.456 e. The molecule has 0 bridgehead atoms. The highest BCUT2D eigenvalue weighted by molar-refractivity contribution is 5.68. The minimum atomic E-state index is 0.540. The van der Waals surface area contributed by atoms with Gasteiger partial charge in [-0.15, -0.1) is 0 Å². The molecule has 0 fully saturated rings. The first kappa shape index (κ1) is 24.1. The summed E-state index contributed by atoms with van der Waals surface area (Å²) in [4.78, 5) is 16.1. The highest BCUT2D eigenvalue weighted by Crippen LogP contribution is 2.35. The number of nitrogens with zero attached hydrogens (tertiary/aromatic N) is 5. The summed E-state index contributed by atoms with van der Waals surface area (Å²) in [5.74, 6) is 2.65. The van der Waals surface area contributed by atoms with Crippen molar-refractivity contribution in [2.24, 2.45) is 5.73 Å². The molecule has 0 amide bonds. The van der Waals surface area contributed by atoms with Crippen LogP contribution in [0.25, 0.3) is 11.4 Å². The van der Waals surface area contributed by atoms with Crippen molar-refractivity contribution in [3.8, 4) is 29.0 Å². The summed E-state index contributed by atoms with van der Waals surface area (Å²) in [5.41, 5.74) is 9.63. The Hall–Kier alpha value is -3.50. The van der Waals surface area contributed by atoms with Crippen molar-refractivity contribution in [2.75, 3.05) is 24.5 Å². The quantitative estimate of drug-likeness (QED) is 0.472. The molecule has 33 heavy (non-hydrogen) atoms. The van der Waals surface area contributed by atoms with E-state index in [-0.39, 0.29) is 0 Å². The molecule has 2 heterocycles. The van der Waals surface area contributed by atoms with Crippen molar-refractivity contribution in [1.82, 2.24) is 15.0 Å². The van der Waals surface area contributed by atoms with E-state index in [9.17, 15) is 5.26 Å². The lowest BCUT2D eigenvalue weighted by Gasteiger charge is -2.23. The Morgan fingerprint density at radius 1 is 1.03 bits per heavy atom. The number of hydrogen-bond acceptors (Lipinski definition) is 7. The standard InChI is InChI=1S/C26H32N6O/c1-5-9-32(10-6-2)25-14-22(12-19(4)31-25)33-24-13-21(15-28)18(3)11-23(24)26-29-16-20(7-8-27)17-30-26/h11-14,16-17H,5-10,27H2,1-4H3. The third-order valence-corrected chi connectivity index (χ3v) is 5.28. The number of pyridine rings is 1. The molecule has 0 saturated carbocycles. The molecule has 7 heteroatoms. The Bertz CT molecular complexity index is 1110. The highest BCUT2D eigenvalue weighted by Gasteiger charge is 2.16. The van der Waals surface area contributed by atoms with Crippen molar-refractivity contribution in [3.63, 3.8) is 0 Å². The summed E-state index contributed by atoms with van der Waals surface area (Å²) >= 11 is 0. The van der Waals surface area contributed by atoms with Crippen LogP contribution >= 0.6 is 0 Å². The fraction of sp³-hybridized carbons (Fsp3) is 0.385. The lowest BCUT2D eigenvalue weighted by atomic mass is 10.0. The number of aromatic nitrogens is 3. The molecule has 0 atom stereocenters. The number of hydrogen-bond donors (Lipinski definition) is 1. The van der Waals surface area contributed by atoms with Crippen molar-refractivity contribution in [2.45, 2.75) is 47.0 Å². The summed E-state index contributed by atoms with van der Waals surface area (Å²) in [6, 6.07) is 9.77. The molecule has 0 aliphatic carbocycles. The van der Waals surface area contributed by atoms with Crippen molar-refractivity contribution < 1.29 is 4.74 Å². The van der Waals surface area contributed by atoms with Gasteiger partial charge in [0.15, 0.2) is 5.82 Å². The first-order valence-electron chi connectivity index (χ1n) is 11.5. The summed E-state index contributed by atoms with van der Waals surface area (Å²) < 4.78 is 6.35. The summed E-state index contributed by atoms with van der Waals surface area (Å²) in [6.07, 6.45) is 6.37. The number of aryl methyl sites for hydroxylation is 2. The zero-order chi connectivity index (χ0) is 23.8. The van der Waals surface area contributed by atoms with Crippen LogP contribution in [0.2, 0.25) is 0 Å². The van der Waals surface area contributed by atoms with E-state index in [4.69, 9.17) is 15.5 Å². The molecule has 7 nitrogen and oxygen atoms in total. The molecule has 0 aliphatic rings. The van der Waals surface area contributed by atoms with Crippen LogP contribution in [0.4, 0.5) is 5.82 Å². The normalized spacial score (nSPS) is 10.7. The number of ether oxygens (including phenoxy) is 1. The monoisotopic (exact) mass is 444 g/mol. The Kier molecular flexibility index (Phi) is 8.34. The van der Waals surface area contributed by atoms with E-state index in [2.05, 4.69) is 34.8 Å². The number of anilines is 1. The van der Waals surface area contributed by atoms with Crippen LogP contribution in [0, 0.1) is 25.2 Å². The Balaban J connectivity index is 2.03. The lowest BCUT2D eigenvalue weighted by Crippen LogP contribution is -2.26. The zero-order valence-electron chi connectivity index (χ0n) is 19.9. The molecular formula is C26H32N6O. The molecular weight excluding hydrogens is 412 g/mol. The van der Waals surface area contributed by atoms with Crippen LogP contribution in [0.3, 0.4) is 0 Å². The van der Waals surface area contributed by atoms with Crippen LogP contribution in [-0.2, 0) is 6.42 Å². The van der Waals surface area contributed by atoms with Crippen LogP contribution in [0.15, 0.2) is 36.7 Å². The third kappa shape index (κ3) is 6.05. The van der Waals surface area contributed by atoms with Gasteiger partial charge in [-0.1, -0.05) is 13.8 Å². The first-order chi connectivity index (χ1) is 16.0. The van der Waals surface area contributed by atoms with E-state index in [1.807, 2.05) is 32.0 Å². The van der Waals surface area contributed by atoms with Crippen LogP contribution < -0.4 is 15.4 Å². The molecule has 3 rings (SSSR count). The van der Waals surface area contributed by atoms with Crippen LogP contribution in [0.5, 0.6) is 11.5 Å². The van der Waals surface area contributed by atoms with Gasteiger partial charge in [-0.3, -0.25) is 0 Å².